The summed E-state index contributed by atoms with van der Waals surface area (Å²) in [5.41, 5.74) is 2.70. The van der Waals surface area contributed by atoms with Crippen molar-refractivity contribution in [3.05, 3.63) is 29.8 Å². The molecular weight excluding hydrogens is 292 g/mol. The van der Waals surface area contributed by atoms with Gasteiger partial charge in [-0.25, -0.2) is 4.99 Å². The fourth-order valence-electron chi connectivity index (χ4n) is 3.05. The molecule has 7 nitrogen and oxygen atoms in total. The van der Waals surface area contributed by atoms with Crippen LogP contribution in [-0.4, -0.2) is 29.4 Å². The number of rotatable bonds is 0. The number of amidine groups is 1. The third-order valence-electron chi connectivity index (χ3n) is 3.97. The molecule has 1 unspecified atom stereocenters. The van der Waals surface area contributed by atoms with Crippen molar-refractivity contribution in [1.82, 2.24) is 10.8 Å². The van der Waals surface area contributed by atoms with Crippen LogP contribution in [0.1, 0.15) is 5.56 Å². The summed E-state index contributed by atoms with van der Waals surface area (Å²) in [6, 6.07) is 7.21. The zero-order chi connectivity index (χ0) is 14.6. The molecule has 0 bridgehead atoms. The first kappa shape index (κ1) is 12.8. The molecule has 0 aromatic heterocycles. The number of para-hydroxylation sites is 1. The molecule has 1 fully saturated rings. The second kappa shape index (κ2) is 4.30. The van der Waals surface area contributed by atoms with Crippen LogP contribution in [0.4, 0.5) is 5.69 Å². The molecular formula is C13H12N4O3S. The average molecular weight is 304 g/mol. The van der Waals surface area contributed by atoms with Gasteiger partial charge in [-0.2, -0.15) is 5.48 Å². The number of nitrogens with zero attached hydrogens (tertiary/aromatic N) is 1. The summed E-state index contributed by atoms with van der Waals surface area (Å²) in [5, 5.41) is 6.00. The van der Waals surface area contributed by atoms with E-state index in [1.54, 1.807) is 12.1 Å². The average Bonchev–Trinajstić information content (AvgIpc) is 3.01. The van der Waals surface area contributed by atoms with Crippen molar-refractivity contribution in [2.75, 3.05) is 11.6 Å². The first-order valence-electron chi connectivity index (χ1n) is 6.44. The van der Waals surface area contributed by atoms with Crippen molar-refractivity contribution in [2.24, 2.45) is 10.9 Å². The van der Waals surface area contributed by atoms with E-state index in [2.05, 4.69) is 21.1 Å². The number of hydroxylamine groups is 1. The Labute approximate surface area is 124 Å². The number of anilines is 1. The van der Waals surface area contributed by atoms with E-state index in [0.717, 1.165) is 0 Å². The molecule has 21 heavy (non-hydrogen) atoms. The highest BCUT2D eigenvalue weighted by Gasteiger charge is 2.64. The number of fused-ring (bicyclic) bond motifs is 4. The molecule has 0 radical (unpaired) electrons. The molecule has 8 heteroatoms. The molecule has 2 amide bonds. The van der Waals surface area contributed by atoms with E-state index in [1.807, 2.05) is 18.4 Å². The lowest BCUT2D eigenvalue weighted by atomic mass is 9.80. The molecule has 0 aliphatic carbocycles. The summed E-state index contributed by atoms with van der Waals surface area (Å²) in [6.07, 6.45) is 1.25. The predicted molar refractivity (Wildman–Crippen MR) is 77.3 cm³/mol. The SMILES string of the molecule is CSC1=N[C@H]2NOC3(C(=O)Nc4ccccc43)[C@H]2C(=O)N1. The number of nitrogens with one attached hydrogen (secondary N) is 3. The molecule has 1 aromatic carbocycles. The highest BCUT2D eigenvalue weighted by Crippen LogP contribution is 2.48. The summed E-state index contributed by atoms with van der Waals surface area (Å²) < 4.78 is 0. The van der Waals surface area contributed by atoms with Gasteiger partial charge in [-0.05, 0) is 12.3 Å². The molecule has 0 saturated carbocycles. The minimum absolute atomic E-state index is 0.267. The van der Waals surface area contributed by atoms with Crippen LogP contribution in [0.25, 0.3) is 0 Å². The maximum Gasteiger partial charge on any atom is 0.264 e. The lowest BCUT2D eigenvalue weighted by Crippen LogP contribution is -2.53. The molecule has 3 aliphatic rings. The van der Waals surface area contributed by atoms with E-state index in [0.29, 0.717) is 16.4 Å². The molecule has 3 heterocycles. The summed E-state index contributed by atoms with van der Waals surface area (Å²) in [5.74, 6) is -1.35. The zero-order valence-electron chi connectivity index (χ0n) is 11.0. The van der Waals surface area contributed by atoms with Crippen molar-refractivity contribution in [3.8, 4) is 0 Å². The van der Waals surface area contributed by atoms with Crippen LogP contribution in [0.15, 0.2) is 29.3 Å². The van der Waals surface area contributed by atoms with Gasteiger partial charge in [0, 0.05) is 11.3 Å². The summed E-state index contributed by atoms with van der Waals surface area (Å²) in [7, 11) is 0. The highest BCUT2D eigenvalue weighted by molar-refractivity contribution is 8.13. The smallest absolute Gasteiger partial charge is 0.264 e. The van der Waals surface area contributed by atoms with Gasteiger partial charge in [0.15, 0.2) is 5.17 Å². The third kappa shape index (κ3) is 1.55. The molecule has 108 valence electrons. The number of thioether (sulfide) groups is 1. The van der Waals surface area contributed by atoms with E-state index >= 15 is 0 Å². The Kier molecular flexibility index (Phi) is 2.62. The number of amides is 2. The number of carbonyl (C=O) groups is 2. The molecule has 3 atom stereocenters. The van der Waals surface area contributed by atoms with Crippen LogP contribution in [0.3, 0.4) is 0 Å². The lowest BCUT2D eigenvalue weighted by Gasteiger charge is -2.29. The molecule has 1 saturated heterocycles. The van der Waals surface area contributed by atoms with Crippen molar-refractivity contribution < 1.29 is 14.4 Å². The van der Waals surface area contributed by atoms with E-state index in [1.165, 1.54) is 11.8 Å². The minimum Gasteiger partial charge on any atom is -0.323 e. The first-order chi connectivity index (χ1) is 10.2. The van der Waals surface area contributed by atoms with Crippen molar-refractivity contribution in [1.29, 1.82) is 0 Å². The summed E-state index contributed by atoms with van der Waals surface area (Å²) >= 11 is 1.34. The van der Waals surface area contributed by atoms with Gasteiger partial charge in [-0.3, -0.25) is 14.4 Å². The van der Waals surface area contributed by atoms with Crippen LogP contribution < -0.4 is 16.1 Å². The Morgan fingerprint density at radius 3 is 2.90 bits per heavy atom. The quantitative estimate of drug-likeness (QED) is 0.635. The molecule has 4 rings (SSSR count). The first-order valence-corrected chi connectivity index (χ1v) is 7.66. The second-order valence-electron chi connectivity index (χ2n) is 5.01. The van der Waals surface area contributed by atoms with E-state index < -0.39 is 17.7 Å². The van der Waals surface area contributed by atoms with E-state index in [4.69, 9.17) is 4.84 Å². The predicted octanol–water partition coefficient (Wildman–Crippen LogP) is 0.160. The topological polar surface area (TPSA) is 91.8 Å². The van der Waals surface area contributed by atoms with E-state index in [-0.39, 0.29) is 11.8 Å². The Balaban J connectivity index is 1.86. The fraction of sp³-hybridized carbons (Fsp3) is 0.308. The number of benzene rings is 1. The molecule has 3 N–H and O–H groups in total. The normalized spacial score (nSPS) is 33.3. The fourth-order valence-corrected chi connectivity index (χ4v) is 3.47. The lowest BCUT2D eigenvalue weighted by molar-refractivity contribution is -0.151. The van der Waals surface area contributed by atoms with Gasteiger partial charge in [-0.1, -0.05) is 30.0 Å². The molecule has 1 aromatic rings. The Hall–Kier alpha value is -1.90. The molecule has 1 spiro atoms. The largest absolute Gasteiger partial charge is 0.323 e. The Bertz CT molecular complexity index is 692. The van der Waals surface area contributed by atoms with Gasteiger partial charge in [0.1, 0.15) is 12.1 Å². The van der Waals surface area contributed by atoms with Gasteiger partial charge in [0.2, 0.25) is 11.5 Å². The number of carbonyl (C=O) groups excluding carboxylic acids is 2. The monoisotopic (exact) mass is 304 g/mol. The second-order valence-corrected chi connectivity index (χ2v) is 5.80. The maximum absolute atomic E-state index is 12.5. The highest BCUT2D eigenvalue weighted by atomic mass is 32.2. The van der Waals surface area contributed by atoms with Crippen LogP contribution >= 0.6 is 11.8 Å². The number of hydrogen-bond donors (Lipinski definition) is 3. The van der Waals surface area contributed by atoms with Gasteiger partial charge in [0.05, 0.1) is 0 Å². The number of hydrogen-bond acceptors (Lipinski definition) is 6. The van der Waals surface area contributed by atoms with Gasteiger partial charge < -0.3 is 10.6 Å². The summed E-state index contributed by atoms with van der Waals surface area (Å²) in [6.45, 7) is 0. The standard InChI is InChI=1S/C13H12N4O3S/c1-21-12-15-9-8(10(18)16-12)13(20-17-9)6-4-2-3-5-7(6)14-11(13)19/h2-5,8-9,17H,1H3,(H,14,19)(H,15,16,18)/t8-,9+,13?/m1/s1. The zero-order valence-corrected chi connectivity index (χ0v) is 11.9. The summed E-state index contributed by atoms with van der Waals surface area (Å²) in [4.78, 5) is 34.9. The molecule has 3 aliphatic heterocycles. The van der Waals surface area contributed by atoms with E-state index in [9.17, 15) is 9.59 Å². The van der Waals surface area contributed by atoms with Crippen molar-refractivity contribution in [3.63, 3.8) is 0 Å². The van der Waals surface area contributed by atoms with Crippen LogP contribution in [0.5, 0.6) is 0 Å². The van der Waals surface area contributed by atoms with Gasteiger partial charge in [0.25, 0.3) is 5.91 Å². The van der Waals surface area contributed by atoms with Crippen LogP contribution in [0.2, 0.25) is 0 Å². The third-order valence-corrected chi connectivity index (χ3v) is 4.56. The van der Waals surface area contributed by atoms with Gasteiger partial charge >= 0.3 is 0 Å². The van der Waals surface area contributed by atoms with Crippen LogP contribution in [-0.2, 0) is 20.0 Å². The van der Waals surface area contributed by atoms with Crippen LogP contribution in [0, 0.1) is 5.92 Å². The van der Waals surface area contributed by atoms with Crippen molar-refractivity contribution in [2.45, 2.75) is 11.8 Å². The maximum atomic E-state index is 12.5. The van der Waals surface area contributed by atoms with Gasteiger partial charge in [-0.15, -0.1) is 0 Å². The van der Waals surface area contributed by atoms with Crippen molar-refractivity contribution >= 4 is 34.4 Å². The number of aliphatic imine (C=N–C) groups is 1. The Morgan fingerprint density at radius 1 is 1.29 bits per heavy atom. The Morgan fingerprint density at radius 2 is 2.10 bits per heavy atom. The minimum atomic E-state index is -1.36.